The Bertz CT molecular complexity index is 1280. The van der Waals surface area contributed by atoms with E-state index in [4.69, 9.17) is 0 Å². The van der Waals surface area contributed by atoms with Gasteiger partial charge in [-0.3, -0.25) is 5.10 Å². The molecule has 0 fully saturated rings. The summed E-state index contributed by atoms with van der Waals surface area (Å²) in [6.45, 7) is 6.47. The van der Waals surface area contributed by atoms with Crippen LogP contribution in [0.1, 0.15) is 38.4 Å². The van der Waals surface area contributed by atoms with E-state index in [2.05, 4.69) is 70.5 Å². The molecule has 158 valence electrons. The third-order valence-corrected chi connectivity index (χ3v) is 6.01. The fourth-order valence-corrected chi connectivity index (χ4v) is 4.58. The zero-order valence-corrected chi connectivity index (χ0v) is 18.0. The molecule has 2 atom stereocenters. The molecule has 6 heteroatoms. The van der Waals surface area contributed by atoms with E-state index in [1.807, 2.05) is 18.3 Å². The van der Waals surface area contributed by atoms with Crippen LogP contribution in [-0.2, 0) is 6.42 Å². The standard InChI is InChI=1S/C25H27N5O/c1-4-16-11-19(31)6-8-20(16)17-5-7-21-22(12-17)29-30-24(21)25-26-13-23(28-25)18-9-14(2)27-15(3)10-18/h5-9,11-15,27,31H,4,10H2,1-3H3,(H,26,28)(H,29,30)/t14-,15-/m1/s1. The topological polar surface area (TPSA) is 89.6 Å². The average molecular weight is 414 g/mol. The number of aromatic nitrogens is 4. The molecular weight excluding hydrogens is 386 g/mol. The van der Waals surface area contributed by atoms with E-state index in [-0.39, 0.29) is 0 Å². The molecule has 0 amide bonds. The fraction of sp³-hybridized carbons (Fsp3) is 0.280. The van der Waals surface area contributed by atoms with Crippen LogP contribution < -0.4 is 5.32 Å². The van der Waals surface area contributed by atoms with Gasteiger partial charge in [0.15, 0.2) is 5.82 Å². The largest absolute Gasteiger partial charge is 0.508 e. The highest BCUT2D eigenvalue weighted by Gasteiger charge is 2.19. The van der Waals surface area contributed by atoms with Crippen molar-refractivity contribution in [3.8, 4) is 28.4 Å². The van der Waals surface area contributed by atoms with Gasteiger partial charge in [-0.15, -0.1) is 0 Å². The predicted molar refractivity (Wildman–Crippen MR) is 125 cm³/mol. The third-order valence-electron chi connectivity index (χ3n) is 6.01. The Balaban J connectivity index is 1.50. The molecule has 5 rings (SSSR count). The zero-order chi connectivity index (χ0) is 21.5. The second-order valence-electron chi connectivity index (χ2n) is 8.43. The number of imidazole rings is 1. The van der Waals surface area contributed by atoms with Crippen molar-refractivity contribution in [1.29, 1.82) is 0 Å². The number of nitrogens with zero attached hydrogens (tertiary/aromatic N) is 2. The molecule has 0 saturated heterocycles. The number of rotatable bonds is 4. The van der Waals surface area contributed by atoms with Crippen LogP contribution in [-0.4, -0.2) is 37.4 Å². The van der Waals surface area contributed by atoms with Gasteiger partial charge in [-0.25, -0.2) is 4.98 Å². The lowest BCUT2D eigenvalue weighted by Gasteiger charge is -2.25. The Hall–Kier alpha value is -3.38. The van der Waals surface area contributed by atoms with Gasteiger partial charge in [0.05, 0.1) is 17.4 Å². The number of fused-ring (bicyclic) bond motifs is 1. The molecule has 6 nitrogen and oxygen atoms in total. The molecule has 0 bridgehead atoms. The van der Waals surface area contributed by atoms with Crippen LogP contribution in [0, 0.1) is 0 Å². The maximum absolute atomic E-state index is 9.81. The molecule has 4 N–H and O–H groups in total. The van der Waals surface area contributed by atoms with E-state index in [9.17, 15) is 5.11 Å². The Morgan fingerprint density at radius 1 is 1.13 bits per heavy atom. The molecule has 4 aromatic rings. The molecule has 2 aromatic heterocycles. The summed E-state index contributed by atoms with van der Waals surface area (Å²) in [5, 5.41) is 22.1. The fourth-order valence-electron chi connectivity index (χ4n) is 4.58. The van der Waals surface area contributed by atoms with Gasteiger partial charge in [-0.05, 0) is 73.2 Å². The maximum Gasteiger partial charge on any atom is 0.159 e. The molecule has 0 radical (unpaired) electrons. The van der Waals surface area contributed by atoms with Crippen LogP contribution in [0.25, 0.3) is 39.1 Å². The van der Waals surface area contributed by atoms with Gasteiger partial charge in [0, 0.05) is 17.5 Å². The predicted octanol–water partition coefficient (Wildman–Crippen LogP) is 5.04. The van der Waals surface area contributed by atoms with Crippen molar-refractivity contribution in [3.63, 3.8) is 0 Å². The van der Waals surface area contributed by atoms with E-state index >= 15 is 0 Å². The molecule has 1 aliphatic rings. The van der Waals surface area contributed by atoms with Gasteiger partial charge < -0.3 is 15.4 Å². The van der Waals surface area contributed by atoms with Gasteiger partial charge in [0.25, 0.3) is 0 Å². The summed E-state index contributed by atoms with van der Waals surface area (Å²) in [4.78, 5) is 8.10. The van der Waals surface area contributed by atoms with Crippen LogP contribution in [0.5, 0.6) is 5.75 Å². The van der Waals surface area contributed by atoms with E-state index in [1.54, 1.807) is 6.07 Å². The van der Waals surface area contributed by atoms with Crippen molar-refractivity contribution in [2.75, 3.05) is 0 Å². The molecule has 31 heavy (non-hydrogen) atoms. The number of aryl methyl sites for hydroxylation is 1. The minimum atomic E-state index is 0.298. The van der Waals surface area contributed by atoms with Gasteiger partial charge in [0.1, 0.15) is 11.4 Å². The Morgan fingerprint density at radius 3 is 2.81 bits per heavy atom. The van der Waals surface area contributed by atoms with Gasteiger partial charge in [-0.2, -0.15) is 5.10 Å². The molecule has 3 heterocycles. The highest BCUT2D eigenvalue weighted by molar-refractivity contribution is 5.94. The zero-order valence-electron chi connectivity index (χ0n) is 18.0. The second-order valence-corrected chi connectivity index (χ2v) is 8.43. The SMILES string of the molecule is CCc1cc(O)ccc1-c1ccc2c(-c3ncc(C4=C[C@@H](C)N[C@H](C)C4)[nH]3)n[nH]c2c1. The molecule has 2 aromatic carbocycles. The minimum absolute atomic E-state index is 0.298. The summed E-state index contributed by atoms with van der Waals surface area (Å²) in [5.41, 5.74) is 7.48. The van der Waals surface area contributed by atoms with Gasteiger partial charge in [-0.1, -0.05) is 25.1 Å². The number of phenols is 1. The second kappa shape index (κ2) is 7.71. The lowest BCUT2D eigenvalue weighted by molar-refractivity contribution is 0.474. The monoisotopic (exact) mass is 413 g/mol. The van der Waals surface area contributed by atoms with Crippen LogP contribution in [0.4, 0.5) is 0 Å². The minimum Gasteiger partial charge on any atom is -0.508 e. The molecule has 0 aliphatic carbocycles. The lowest BCUT2D eigenvalue weighted by atomic mass is 9.97. The van der Waals surface area contributed by atoms with Crippen molar-refractivity contribution in [2.45, 2.75) is 45.7 Å². The normalized spacial score (nSPS) is 19.0. The first-order valence-corrected chi connectivity index (χ1v) is 10.8. The summed E-state index contributed by atoms with van der Waals surface area (Å²) >= 11 is 0. The summed E-state index contributed by atoms with van der Waals surface area (Å²) in [6.07, 6.45) is 6.00. The smallest absolute Gasteiger partial charge is 0.159 e. The number of hydrogen-bond donors (Lipinski definition) is 4. The molecule has 0 saturated carbocycles. The Morgan fingerprint density at radius 2 is 2.00 bits per heavy atom. The number of aromatic amines is 2. The number of nitrogens with one attached hydrogen (secondary N) is 3. The third kappa shape index (κ3) is 3.64. The first-order chi connectivity index (χ1) is 15.0. The van der Waals surface area contributed by atoms with Crippen molar-refractivity contribution in [2.24, 2.45) is 0 Å². The number of phenolic OH excluding ortho intramolecular Hbond substituents is 1. The highest BCUT2D eigenvalue weighted by Crippen LogP contribution is 2.33. The highest BCUT2D eigenvalue weighted by atomic mass is 16.3. The van der Waals surface area contributed by atoms with E-state index in [0.717, 1.165) is 57.6 Å². The van der Waals surface area contributed by atoms with Crippen molar-refractivity contribution >= 4 is 16.5 Å². The first-order valence-electron chi connectivity index (χ1n) is 10.8. The lowest BCUT2D eigenvalue weighted by Crippen LogP contribution is -2.36. The Kier molecular flexibility index (Phi) is 4.87. The first kappa shape index (κ1) is 19.6. The van der Waals surface area contributed by atoms with Crippen molar-refractivity contribution < 1.29 is 5.11 Å². The van der Waals surface area contributed by atoms with Crippen LogP contribution >= 0.6 is 0 Å². The molecule has 0 spiro atoms. The molecular formula is C25H27N5O. The quantitative estimate of drug-likeness (QED) is 0.377. The van der Waals surface area contributed by atoms with E-state index in [0.29, 0.717) is 17.8 Å². The molecule has 1 aliphatic heterocycles. The maximum atomic E-state index is 9.81. The number of benzene rings is 2. The summed E-state index contributed by atoms with van der Waals surface area (Å²) in [5.74, 6) is 1.07. The van der Waals surface area contributed by atoms with Crippen LogP contribution in [0.15, 0.2) is 48.7 Å². The summed E-state index contributed by atoms with van der Waals surface area (Å²) < 4.78 is 0. The van der Waals surface area contributed by atoms with Crippen molar-refractivity contribution in [3.05, 3.63) is 59.9 Å². The summed E-state index contributed by atoms with van der Waals surface area (Å²) in [6, 6.07) is 12.6. The number of hydrogen-bond acceptors (Lipinski definition) is 4. The van der Waals surface area contributed by atoms with E-state index in [1.165, 1.54) is 5.57 Å². The number of H-pyrrole nitrogens is 2. The molecule has 0 unspecified atom stereocenters. The number of aromatic hydroxyl groups is 1. The Labute approximate surface area is 181 Å². The van der Waals surface area contributed by atoms with Gasteiger partial charge >= 0.3 is 0 Å². The van der Waals surface area contributed by atoms with Crippen LogP contribution in [0.2, 0.25) is 0 Å². The summed E-state index contributed by atoms with van der Waals surface area (Å²) in [7, 11) is 0. The van der Waals surface area contributed by atoms with Crippen molar-refractivity contribution in [1.82, 2.24) is 25.5 Å². The van der Waals surface area contributed by atoms with E-state index < -0.39 is 0 Å². The van der Waals surface area contributed by atoms with Crippen LogP contribution in [0.3, 0.4) is 0 Å². The average Bonchev–Trinajstić information content (AvgIpc) is 3.39. The van der Waals surface area contributed by atoms with Gasteiger partial charge in [0.2, 0.25) is 0 Å².